The van der Waals surface area contributed by atoms with Crippen molar-refractivity contribution in [1.82, 2.24) is 0 Å². The highest BCUT2D eigenvalue weighted by Gasteiger charge is 2.39. The summed E-state index contributed by atoms with van der Waals surface area (Å²) in [6, 6.07) is 6.86. The van der Waals surface area contributed by atoms with Gasteiger partial charge < -0.3 is 9.84 Å². The summed E-state index contributed by atoms with van der Waals surface area (Å²) in [4.78, 5) is 0. The molecule has 1 aromatic carbocycles. The highest BCUT2D eigenvalue weighted by Crippen LogP contribution is 2.38. The average molecular weight is 300 g/mol. The molecule has 0 bridgehead atoms. The van der Waals surface area contributed by atoms with Gasteiger partial charge in [0, 0.05) is 0 Å². The van der Waals surface area contributed by atoms with E-state index in [1.165, 1.54) is 6.92 Å². The molecule has 4 heteroatoms. The number of hydrogen-bond donors (Lipinski definition) is 1. The highest BCUT2D eigenvalue weighted by atomic mass is 19.3. The van der Waals surface area contributed by atoms with Gasteiger partial charge in [0.15, 0.2) is 0 Å². The molecular formula is C17H26F2O2. The Kier molecular flexibility index (Phi) is 7.09. The van der Waals surface area contributed by atoms with E-state index in [0.717, 1.165) is 12.8 Å². The van der Waals surface area contributed by atoms with Crippen LogP contribution in [0.5, 0.6) is 5.75 Å². The molecule has 120 valence electrons. The molecule has 1 aromatic rings. The van der Waals surface area contributed by atoms with Crippen LogP contribution in [0.1, 0.15) is 52.0 Å². The molecule has 0 radical (unpaired) electrons. The minimum atomic E-state index is -2.55. The van der Waals surface area contributed by atoms with Crippen molar-refractivity contribution in [3.8, 4) is 5.75 Å². The van der Waals surface area contributed by atoms with E-state index in [9.17, 15) is 13.9 Å². The Morgan fingerprint density at radius 1 is 1.14 bits per heavy atom. The first kappa shape index (κ1) is 17.9. The van der Waals surface area contributed by atoms with Gasteiger partial charge in [0.2, 0.25) is 6.43 Å². The van der Waals surface area contributed by atoms with E-state index in [-0.39, 0.29) is 0 Å². The summed E-state index contributed by atoms with van der Waals surface area (Å²) in [6.45, 7) is 6.00. The van der Waals surface area contributed by atoms with Crippen molar-refractivity contribution in [3.63, 3.8) is 0 Å². The lowest BCUT2D eigenvalue weighted by molar-refractivity contribution is -0.0879. The van der Waals surface area contributed by atoms with Crippen molar-refractivity contribution in [2.45, 2.75) is 58.5 Å². The van der Waals surface area contributed by atoms with Gasteiger partial charge >= 0.3 is 0 Å². The highest BCUT2D eigenvalue weighted by molar-refractivity contribution is 5.31. The number of benzene rings is 1. The van der Waals surface area contributed by atoms with E-state index in [2.05, 4.69) is 6.92 Å². The van der Waals surface area contributed by atoms with Gasteiger partial charge in [-0.1, -0.05) is 45.7 Å². The number of rotatable bonds is 9. The van der Waals surface area contributed by atoms with Crippen LogP contribution >= 0.6 is 0 Å². The second kappa shape index (κ2) is 8.32. The van der Waals surface area contributed by atoms with Crippen LogP contribution in [0.4, 0.5) is 8.78 Å². The molecular weight excluding hydrogens is 274 g/mol. The van der Waals surface area contributed by atoms with Gasteiger partial charge in [-0.05, 0) is 30.5 Å². The standard InChI is InChI=1S/C17H26F2O2/c1-4-6-12-21-15-9-7-14(8-10-15)17(20,11-5-2)13(3)16(18)19/h7-10,13,16,20H,4-6,11-12H2,1-3H3. The summed E-state index contributed by atoms with van der Waals surface area (Å²) in [5.74, 6) is -0.403. The van der Waals surface area contributed by atoms with Crippen LogP contribution in [0.15, 0.2) is 24.3 Å². The van der Waals surface area contributed by atoms with Crippen molar-refractivity contribution in [2.24, 2.45) is 5.92 Å². The Hall–Kier alpha value is -1.16. The maximum Gasteiger partial charge on any atom is 0.244 e. The fourth-order valence-electron chi connectivity index (χ4n) is 2.40. The molecule has 0 aliphatic carbocycles. The summed E-state index contributed by atoms with van der Waals surface area (Å²) in [5.41, 5.74) is -0.967. The maximum atomic E-state index is 13.0. The van der Waals surface area contributed by atoms with Gasteiger partial charge in [0.05, 0.1) is 18.1 Å². The van der Waals surface area contributed by atoms with Crippen LogP contribution < -0.4 is 4.74 Å². The number of ether oxygens (including phenoxy) is 1. The van der Waals surface area contributed by atoms with E-state index in [4.69, 9.17) is 4.74 Å². The number of hydrogen-bond acceptors (Lipinski definition) is 2. The van der Waals surface area contributed by atoms with Crippen LogP contribution in [0, 0.1) is 5.92 Å². The van der Waals surface area contributed by atoms with Crippen molar-refractivity contribution in [3.05, 3.63) is 29.8 Å². The van der Waals surface area contributed by atoms with Gasteiger partial charge in [-0.3, -0.25) is 0 Å². The predicted octanol–water partition coefficient (Wildman–Crippen LogP) is 4.75. The number of unbranched alkanes of at least 4 members (excludes halogenated alkanes) is 1. The van der Waals surface area contributed by atoms with Crippen molar-refractivity contribution in [2.75, 3.05) is 6.61 Å². The predicted molar refractivity (Wildman–Crippen MR) is 80.8 cm³/mol. The third-order valence-electron chi connectivity index (χ3n) is 3.88. The second-order valence-corrected chi connectivity index (χ2v) is 5.52. The number of aliphatic hydroxyl groups is 1. The fourth-order valence-corrected chi connectivity index (χ4v) is 2.40. The molecule has 0 fully saturated rings. The fraction of sp³-hybridized carbons (Fsp3) is 0.647. The average Bonchev–Trinajstić information content (AvgIpc) is 2.47. The first-order valence-electron chi connectivity index (χ1n) is 7.69. The lowest BCUT2D eigenvalue weighted by Gasteiger charge is -2.34. The van der Waals surface area contributed by atoms with Crippen LogP contribution in [0.25, 0.3) is 0 Å². The zero-order valence-electron chi connectivity index (χ0n) is 13.1. The first-order valence-corrected chi connectivity index (χ1v) is 7.69. The maximum absolute atomic E-state index is 13.0. The van der Waals surface area contributed by atoms with E-state index < -0.39 is 17.9 Å². The summed E-state index contributed by atoms with van der Waals surface area (Å²) in [5, 5.41) is 10.7. The molecule has 0 amide bonds. The SMILES string of the molecule is CCCCOc1ccc(C(O)(CCC)C(C)C(F)F)cc1. The molecule has 1 N–H and O–H groups in total. The monoisotopic (exact) mass is 300 g/mol. The van der Waals surface area contributed by atoms with E-state index in [1.807, 2.05) is 6.92 Å². The largest absolute Gasteiger partial charge is 0.494 e. The molecule has 0 aliphatic rings. The van der Waals surface area contributed by atoms with Crippen LogP contribution in [0.2, 0.25) is 0 Å². The van der Waals surface area contributed by atoms with Crippen molar-refractivity contribution < 1.29 is 18.6 Å². The van der Waals surface area contributed by atoms with E-state index in [1.54, 1.807) is 24.3 Å². The Morgan fingerprint density at radius 2 is 1.76 bits per heavy atom. The molecule has 0 aliphatic heterocycles. The molecule has 0 heterocycles. The minimum Gasteiger partial charge on any atom is -0.494 e. The summed E-state index contributed by atoms with van der Waals surface area (Å²) in [7, 11) is 0. The Bertz CT molecular complexity index is 406. The number of halogens is 2. The topological polar surface area (TPSA) is 29.5 Å². The molecule has 0 saturated heterocycles. The van der Waals surface area contributed by atoms with Crippen molar-refractivity contribution in [1.29, 1.82) is 0 Å². The molecule has 0 saturated carbocycles. The molecule has 2 nitrogen and oxygen atoms in total. The second-order valence-electron chi connectivity index (χ2n) is 5.52. The molecule has 0 aromatic heterocycles. The quantitative estimate of drug-likeness (QED) is 0.667. The zero-order chi connectivity index (χ0) is 15.9. The molecule has 2 unspecified atom stereocenters. The minimum absolute atomic E-state index is 0.314. The molecule has 1 rings (SSSR count). The van der Waals surface area contributed by atoms with Gasteiger partial charge in [-0.25, -0.2) is 8.78 Å². The molecule has 21 heavy (non-hydrogen) atoms. The van der Waals surface area contributed by atoms with Gasteiger partial charge in [0.1, 0.15) is 5.75 Å². The zero-order valence-corrected chi connectivity index (χ0v) is 13.1. The lowest BCUT2D eigenvalue weighted by Crippen LogP contribution is -2.37. The Balaban J connectivity index is 2.89. The van der Waals surface area contributed by atoms with Crippen LogP contribution in [0.3, 0.4) is 0 Å². The third kappa shape index (κ3) is 4.67. The van der Waals surface area contributed by atoms with Gasteiger partial charge in [0.25, 0.3) is 0 Å². The first-order chi connectivity index (χ1) is 9.95. The number of alkyl halides is 2. The smallest absolute Gasteiger partial charge is 0.244 e. The van der Waals surface area contributed by atoms with Crippen molar-refractivity contribution >= 4 is 0 Å². The van der Waals surface area contributed by atoms with Gasteiger partial charge in [-0.2, -0.15) is 0 Å². The third-order valence-corrected chi connectivity index (χ3v) is 3.88. The molecule has 0 spiro atoms. The van der Waals surface area contributed by atoms with Crippen LogP contribution in [-0.2, 0) is 5.60 Å². The summed E-state index contributed by atoms with van der Waals surface area (Å²) >= 11 is 0. The van der Waals surface area contributed by atoms with Gasteiger partial charge in [-0.15, -0.1) is 0 Å². The Morgan fingerprint density at radius 3 is 2.24 bits per heavy atom. The van der Waals surface area contributed by atoms with Crippen LogP contribution in [-0.4, -0.2) is 18.1 Å². The normalized spacial score (nSPS) is 15.8. The molecule has 2 atom stereocenters. The van der Waals surface area contributed by atoms with E-state index in [0.29, 0.717) is 30.8 Å². The summed E-state index contributed by atoms with van der Waals surface area (Å²) < 4.78 is 31.6. The Labute approximate surface area is 126 Å². The van der Waals surface area contributed by atoms with E-state index >= 15 is 0 Å². The summed E-state index contributed by atoms with van der Waals surface area (Å²) in [6.07, 6.45) is 0.433. The lowest BCUT2D eigenvalue weighted by atomic mass is 9.79.